The van der Waals surface area contributed by atoms with Crippen molar-refractivity contribution in [1.29, 1.82) is 0 Å². The molecular weight excluding hydrogens is 306 g/mol. The molecule has 0 aliphatic carbocycles. The number of hydrogen-bond acceptors (Lipinski definition) is 8. The Hall–Kier alpha value is -1.42. The number of hydrogen-bond donors (Lipinski definition) is 5. The summed E-state index contributed by atoms with van der Waals surface area (Å²) in [6.07, 6.45) is -6.56. The van der Waals surface area contributed by atoms with Crippen LogP contribution in [0.5, 0.6) is 5.75 Å². The van der Waals surface area contributed by atoms with E-state index in [1.54, 1.807) is 26.3 Å². The van der Waals surface area contributed by atoms with Crippen LogP contribution in [0.15, 0.2) is 18.2 Å². The molecule has 8 heteroatoms. The lowest BCUT2D eigenvalue weighted by Crippen LogP contribution is -2.60. The second-order valence-corrected chi connectivity index (χ2v) is 5.33. The zero-order valence-electron chi connectivity index (χ0n) is 13.0. The number of anilines is 1. The molecule has 23 heavy (non-hydrogen) atoms. The van der Waals surface area contributed by atoms with Gasteiger partial charge in [0.2, 0.25) is 6.29 Å². The molecule has 5 unspecified atom stereocenters. The molecule has 2 rings (SSSR count). The van der Waals surface area contributed by atoms with Crippen LogP contribution in [0.4, 0.5) is 5.69 Å². The number of nitrogens with one attached hydrogen (secondary N) is 1. The van der Waals surface area contributed by atoms with E-state index in [1.807, 2.05) is 6.07 Å². The van der Waals surface area contributed by atoms with Crippen molar-refractivity contribution in [3.8, 4) is 5.75 Å². The topological polar surface area (TPSA) is 121 Å². The molecule has 0 spiro atoms. The van der Waals surface area contributed by atoms with Crippen molar-refractivity contribution in [3.05, 3.63) is 23.8 Å². The van der Waals surface area contributed by atoms with E-state index in [1.165, 1.54) is 0 Å². The van der Waals surface area contributed by atoms with Crippen LogP contribution in [0.2, 0.25) is 0 Å². The normalized spacial score (nSPS) is 31.0. The highest BCUT2D eigenvalue weighted by Gasteiger charge is 2.44. The first-order valence-corrected chi connectivity index (χ1v) is 7.28. The molecule has 1 aliphatic heterocycles. The third-order valence-corrected chi connectivity index (χ3v) is 3.72. The maximum atomic E-state index is 10.0. The summed E-state index contributed by atoms with van der Waals surface area (Å²) in [4.78, 5) is 0. The molecule has 5 N–H and O–H groups in total. The Morgan fingerprint density at radius 3 is 2.52 bits per heavy atom. The number of rotatable bonds is 6. The van der Waals surface area contributed by atoms with Gasteiger partial charge in [-0.15, -0.1) is 0 Å². The number of benzene rings is 1. The average Bonchev–Trinajstić information content (AvgIpc) is 2.56. The van der Waals surface area contributed by atoms with Crippen molar-refractivity contribution in [1.82, 2.24) is 0 Å². The van der Waals surface area contributed by atoms with Crippen LogP contribution in [0.1, 0.15) is 5.56 Å². The van der Waals surface area contributed by atoms with Gasteiger partial charge in [-0.3, -0.25) is 0 Å². The lowest BCUT2D eigenvalue weighted by Gasteiger charge is -2.39. The molecule has 1 aromatic carbocycles. The monoisotopic (exact) mass is 329 g/mol. The molecule has 8 nitrogen and oxygen atoms in total. The Balaban J connectivity index is 2.17. The zero-order valence-corrected chi connectivity index (χ0v) is 13.0. The van der Waals surface area contributed by atoms with Crippen LogP contribution < -0.4 is 10.1 Å². The Kier molecular flexibility index (Phi) is 6.17. The summed E-state index contributed by atoms with van der Waals surface area (Å²) in [5, 5.41) is 41.7. The minimum absolute atomic E-state index is 0.400. The standard InChI is InChI=1S/C15H23NO7/c1-16-9-5-8(7-21-2)3-4-10(9)22-15-14(20)13(19)12(18)11(6-17)23-15/h3-5,11-20H,6-7H2,1-2H3. The van der Waals surface area contributed by atoms with Crippen molar-refractivity contribution >= 4 is 5.69 Å². The Morgan fingerprint density at radius 1 is 1.17 bits per heavy atom. The molecule has 5 atom stereocenters. The second kappa shape index (κ2) is 7.91. The van der Waals surface area contributed by atoms with Gasteiger partial charge in [0.05, 0.1) is 18.9 Å². The van der Waals surface area contributed by atoms with E-state index in [-0.39, 0.29) is 0 Å². The first-order chi connectivity index (χ1) is 11.0. The maximum absolute atomic E-state index is 10.0. The van der Waals surface area contributed by atoms with Gasteiger partial charge in [-0.05, 0) is 17.7 Å². The fraction of sp³-hybridized carbons (Fsp3) is 0.600. The molecule has 0 aromatic heterocycles. The van der Waals surface area contributed by atoms with Crippen LogP contribution in [-0.4, -0.2) is 71.9 Å². The summed E-state index contributed by atoms with van der Waals surface area (Å²) in [7, 11) is 3.31. The summed E-state index contributed by atoms with van der Waals surface area (Å²) in [5.74, 6) is 0.400. The van der Waals surface area contributed by atoms with E-state index in [2.05, 4.69) is 5.32 Å². The van der Waals surface area contributed by atoms with E-state index < -0.39 is 37.3 Å². The minimum atomic E-state index is -1.48. The van der Waals surface area contributed by atoms with Gasteiger partial charge in [0.25, 0.3) is 0 Å². The third kappa shape index (κ3) is 3.92. The fourth-order valence-corrected chi connectivity index (χ4v) is 2.42. The summed E-state index contributed by atoms with van der Waals surface area (Å²) in [5.41, 5.74) is 1.58. The maximum Gasteiger partial charge on any atom is 0.229 e. The number of aliphatic hydroxyl groups is 4. The van der Waals surface area contributed by atoms with Crippen molar-refractivity contribution in [2.75, 3.05) is 26.1 Å². The largest absolute Gasteiger partial charge is 0.460 e. The average molecular weight is 329 g/mol. The first kappa shape index (κ1) is 17.9. The zero-order chi connectivity index (χ0) is 17.0. The van der Waals surface area contributed by atoms with Crippen LogP contribution in [0.25, 0.3) is 0 Å². The smallest absolute Gasteiger partial charge is 0.229 e. The van der Waals surface area contributed by atoms with E-state index in [0.29, 0.717) is 18.0 Å². The van der Waals surface area contributed by atoms with E-state index in [4.69, 9.17) is 14.2 Å². The molecule has 1 aromatic rings. The number of methoxy groups -OCH3 is 1. The van der Waals surface area contributed by atoms with E-state index in [0.717, 1.165) is 5.56 Å². The minimum Gasteiger partial charge on any atom is -0.460 e. The SMILES string of the molecule is CNc1cc(COC)ccc1OC1OC(CO)C(O)C(O)C1O. The lowest BCUT2D eigenvalue weighted by atomic mass is 9.99. The molecule has 1 heterocycles. The summed E-state index contributed by atoms with van der Waals surface area (Å²) in [6, 6.07) is 5.30. The van der Waals surface area contributed by atoms with Crippen LogP contribution in [0, 0.1) is 0 Å². The molecule has 1 aliphatic rings. The van der Waals surface area contributed by atoms with Crippen LogP contribution in [-0.2, 0) is 16.1 Å². The summed E-state index contributed by atoms with van der Waals surface area (Å²) >= 11 is 0. The van der Waals surface area contributed by atoms with Gasteiger partial charge in [-0.2, -0.15) is 0 Å². The molecular formula is C15H23NO7. The molecule has 0 saturated carbocycles. The number of aliphatic hydroxyl groups excluding tert-OH is 4. The van der Waals surface area contributed by atoms with Gasteiger partial charge in [0.1, 0.15) is 30.2 Å². The van der Waals surface area contributed by atoms with Gasteiger partial charge in [0, 0.05) is 14.2 Å². The van der Waals surface area contributed by atoms with Crippen LogP contribution >= 0.6 is 0 Å². The van der Waals surface area contributed by atoms with E-state index >= 15 is 0 Å². The molecule has 0 amide bonds. The van der Waals surface area contributed by atoms with Crippen molar-refractivity contribution < 1.29 is 34.6 Å². The Bertz CT molecular complexity index is 511. The highest BCUT2D eigenvalue weighted by molar-refractivity contribution is 5.57. The molecule has 130 valence electrons. The molecule has 0 radical (unpaired) electrons. The van der Waals surface area contributed by atoms with Gasteiger partial charge in [0.15, 0.2) is 0 Å². The second-order valence-electron chi connectivity index (χ2n) is 5.33. The van der Waals surface area contributed by atoms with Gasteiger partial charge < -0.3 is 40.0 Å². The third-order valence-electron chi connectivity index (χ3n) is 3.72. The molecule has 1 saturated heterocycles. The summed E-state index contributed by atoms with van der Waals surface area (Å²) < 4.78 is 16.0. The molecule has 0 bridgehead atoms. The molecule has 1 fully saturated rings. The fourth-order valence-electron chi connectivity index (χ4n) is 2.42. The summed E-state index contributed by atoms with van der Waals surface area (Å²) in [6.45, 7) is -0.0640. The Morgan fingerprint density at radius 2 is 1.91 bits per heavy atom. The van der Waals surface area contributed by atoms with Gasteiger partial charge >= 0.3 is 0 Å². The van der Waals surface area contributed by atoms with E-state index in [9.17, 15) is 20.4 Å². The van der Waals surface area contributed by atoms with Crippen molar-refractivity contribution in [3.63, 3.8) is 0 Å². The van der Waals surface area contributed by atoms with Crippen LogP contribution in [0.3, 0.4) is 0 Å². The quantitative estimate of drug-likeness (QED) is 0.453. The first-order valence-electron chi connectivity index (χ1n) is 7.28. The predicted octanol–water partition coefficient (Wildman–Crippen LogP) is -0.947. The van der Waals surface area contributed by atoms with Gasteiger partial charge in [-0.1, -0.05) is 6.07 Å². The van der Waals surface area contributed by atoms with Crippen molar-refractivity contribution in [2.24, 2.45) is 0 Å². The number of ether oxygens (including phenoxy) is 3. The highest BCUT2D eigenvalue weighted by Crippen LogP contribution is 2.30. The highest BCUT2D eigenvalue weighted by atomic mass is 16.7. The lowest BCUT2D eigenvalue weighted by molar-refractivity contribution is -0.277. The Labute approximate surface area is 134 Å². The van der Waals surface area contributed by atoms with Gasteiger partial charge in [-0.25, -0.2) is 0 Å². The van der Waals surface area contributed by atoms with Crippen molar-refractivity contribution in [2.45, 2.75) is 37.3 Å². The predicted molar refractivity (Wildman–Crippen MR) is 81.1 cm³/mol.